The van der Waals surface area contributed by atoms with Crippen molar-refractivity contribution in [1.29, 1.82) is 0 Å². The summed E-state index contributed by atoms with van der Waals surface area (Å²) in [4.78, 5) is 19.9. The van der Waals surface area contributed by atoms with E-state index in [2.05, 4.69) is 20.4 Å². The number of halogens is 1. The van der Waals surface area contributed by atoms with Gasteiger partial charge in [-0.3, -0.25) is 4.79 Å². The third-order valence-corrected chi connectivity index (χ3v) is 4.01. The number of nitrogens with zero attached hydrogens (tertiary/aromatic N) is 3. The van der Waals surface area contributed by atoms with Gasteiger partial charge in [-0.25, -0.2) is 9.67 Å². The Bertz CT molecular complexity index is 852. The normalized spacial score (nSPS) is 13.6. The molecule has 0 spiro atoms. The van der Waals surface area contributed by atoms with E-state index in [-0.39, 0.29) is 23.2 Å². The van der Waals surface area contributed by atoms with Crippen LogP contribution in [0.5, 0.6) is 5.88 Å². The average molecular weight is 332 g/mol. The number of carbonyl (C=O) groups is 1. The first-order valence-electron chi connectivity index (χ1n) is 7.33. The Labute approximate surface area is 136 Å². The molecule has 0 radical (unpaired) electrons. The number of amides is 1. The molecule has 0 aliphatic carbocycles. The van der Waals surface area contributed by atoms with Gasteiger partial charge in [-0.15, -0.1) is 0 Å². The highest BCUT2D eigenvalue weighted by molar-refractivity contribution is 6.34. The number of H-pyrrole nitrogens is 1. The Morgan fingerprint density at radius 3 is 3.13 bits per heavy atom. The second-order valence-corrected chi connectivity index (χ2v) is 5.65. The number of ether oxygens (including phenoxy) is 1. The SMILES string of the molecule is O=C(NCc1nc2ccccc2[nH]1)c1nn2c(c1Cl)OCCC2. The molecule has 23 heavy (non-hydrogen) atoms. The highest BCUT2D eigenvalue weighted by atomic mass is 35.5. The Balaban J connectivity index is 1.50. The van der Waals surface area contributed by atoms with Gasteiger partial charge >= 0.3 is 0 Å². The molecule has 7 nitrogen and oxygen atoms in total. The van der Waals surface area contributed by atoms with Crippen molar-refractivity contribution in [1.82, 2.24) is 25.1 Å². The van der Waals surface area contributed by atoms with Crippen LogP contribution >= 0.6 is 11.6 Å². The molecule has 1 aromatic carbocycles. The van der Waals surface area contributed by atoms with Crippen molar-refractivity contribution in [3.63, 3.8) is 0 Å². The van der Waals surface area contributed by atoms with Gasteiger partial charge in [0.25, 0.3) is 5.91 Å². The van der Waals surface area contributed by atoms with Gasteiger partial charge in [-0.1, -0.05) is 23.7 Å². The molecule has 1 aliphatic rings. The third-order valence-electron chi connectivity index (χ3n) is 3.67. The van der Waals surface area contributed by atoms with Gasteiger partial charge in [0.2, 0.25) is 5.88 Å². The number of aromatic amines is 1. The van der Waals surface area contributed by atoms with E-state index >= 15 is 0 Å². The monoisotopic (exact) mass is 331 g/mol. The second-order valence-electron chi connectivity index (χ2n) is 5.28. The number of aromatic nitrogens is 4. The van der Waals surface area contributed by atoms with E-state index in [4.69, 9.17) is 16.3 Å². The first kappa shape index (κ1) is 14.1. The van der Waals surface area contributed by atoms with E-state index in [1.165, 1.54) is 0 Å². The zero-order chi connectivity index (χ0) is 15.8. The molecule has 1 aliphatic heterocycles. The summed E-state index contributed by atoms with van der Waals surface area (Å²) in [7, 11) is 0. The number of para-hydroxylation sites is 2. The number of nitrogens with one attached hydrogen (secondary N) is 2. The fourth-order valence-electron chi connectivity index (χ4n) is 2.58. The lowest BCUT2D eigenvalue weighted by molar-refractivity contribution is 0.0944. The van der Waals surface area contributed by atoms with Crippen LogP contribution in [-0.4, -0.2) is 32.3 Å². The summed E-state index contributed by atoms with van der Waals surface area (Å²) < 4.78 is 7.08. The van der Waals surface area contributed by atoms with E-state index < -0.39 is 0 Å². The molecule has 1 amide bonds. The zero-order valence-corrected chi connectivity index (χ0v) is 12.9. The maximum absolute atomic E-state index is 12.3. The molecule has 0 fully saturated rings. The molecule has 118 valence electrons. The molecular formula is C15H14ClN5O2. The Hall–Kier alpha value is -2.54. The molecular weight excluding hydrogens is 318 g/mol. The van der Waals surface area contributed by atoms with Crippen molar-refractivity contribution in [2.24, 2.45) is 0 Å². The predicted octanol–water partition coefficient (Wildman–Crippen LogP) is 2.13. The van der Waals surface area contributed by atoms with Gasteiger partial charge in [0.15, 0.2) is 5.69 Å². The number of carbonyl (C=O) groups excluding carboxylic acids is 1. The van der Waals surface area contributed by atoms with E-state index in [9.17, 15) is 4.79 Å². The van der Waals surface area contributed by atoms with Crippen LogP contribution in [0.25, 0.3) is 11.0 Å². The highest BCUT2D eigenvalue weighted by Gasteiger charge is 2.24. The maximum Gasteiger partial charge on any atom is 0.273 e. The molecule has 4 rings (SSSR count). The summed E-state index contributed by atoms with van der Waals surface area (Å²) >= 11 is 6.19. The minimum atomic E-state index is -0.346. The lowest BCUT2D eigenvalue weighted by Crippen LogP contribution is -2.24. The van der Waals surface area contributed by atoms with Crippen LogP contribution in [-0.2, 0) is 13.1 Å². The van der Waals surface area contributed by atoms with Crippen LogP contribution < -0.4 is 10.1 Å². The molecule has 3 aromatic rings. The number of hydrogen-bond acceptors (Lipinski definition) is 4. The number of hydrogen-bond donors (Lipinski definition) is 2. The van der Waals surface area contributed by atoms with Crippen molar-refractivity contribution >= 4 is 28.5 Å². The van der Waals surface area contributed by atoms with Gasteiger partial charge in [0, 0.05) is 13.0 Å². The number of imidazole rings is 1. The van der Waals surface area contributed by atoms with Crippen molar-refractivity contribution in [2.45, 2.75) is 19.5 Å². The van der Waals surface area contributed by atoms with Crippen LogP contribution in [0.15, 0.2) is 24.3 Å². The molecule has 0 unspecified atom stereocenters. The van der Waals surface area contributed by atoms with Crippen molar-refractivity contribution in [3.05, 3.63) is 40.8 Å². The smallest absolute Gasteiger partial charge is 0.273 e. The molecule has 0 saturated heterocycles. The lowest BCUT2D eigenvalue weighted by Gasteiger charge is -2.14. The Morgan fingerprint density at radius 1 is 1.43 bits per heavy atom. The van der Waals surface area contributed by atoms with Gasteiger partial charge in [-0.05, 0) is 12.1 Å². The molecule has 8 heteroatoms. The van der Waals surface area contributed by atoms with Crippen LogP contribution in [0.2, 0.25) is 5.02 Å². The van der Waals surface area contributed by atoms with Gasteiger partial charge < -0.3 is 15.0 Å². The molecule has 0 bridgehead atoms. The largest absolute Gasteiger partial charge is 0.477 e. The summed E-state index contributed by atoms with van der Waals surface area (Å²) in [5.74, 6) is 0.795. The second kappa shape index (κ2) is 5.58. The number of fused-ring (bicyclic) bond motifs is 2. The van der Waals surface area contributed by atoms with Crippen LogP contribution in [0.4, 0.5) is 0 Å². The maximum atomic E-state index is 12.3. The van der Waals surface area contributed by atoms with E-state index in [1.54, 1.807) is 4.68 Å². The molecule has 2 aromatic heterocycles. The number of rotatable bonds is 3. The van der Waals surface area contributed by atoms with Crippen LogP contribution in [0, 0.1) is 0 Å². The fourth-order valence-corrected chi connectivity index (χ4v) is 2.86. The molecule has 2 N–H and O–H groups in total. The van der Waals surface area contributed by atoms with Gasteiger partial charge in [0.1, 0.15) is 10.8 Å². The first-order valence-corrected chi connectivity index (χ1v) is 7.71. The minimum Gasteiger partial charge on any atom is -0.477 e. The van der Waals surface area contributed by atoms with Gasteiger partial charge in [0.05, 0.1) is 24.2 Å². The van der Waals surface area contributed by atoms with Crippen molar-refractivity contribution < 1.29 is 9.53 Å². The summed E-state index contributed by atoms with van der Waals surface area (Å²) in [5, 5.41) is 7.26. The van der Waals surface area contributed by atoms with E-state index in [0.29, 0.717) is 24.9 Å². The molecule has 0 saturated carbocycles. The minimum absolute atomic E-state index is 0.180. The van der Waals surface area contributed by atoms with Crippen LogP contribution in [0.3, 0.4) is 0 Å². The number of aryl methyl sites for hydroxylation is 1. The fraction of sp³-hybridized carbons (Fsp3) is 0.267. The summed E-state index contributed by atoms with van der Waals surface area (Å²) in [6, 6.07) is 7.69. The molecule has 0 atom stereocenters. The summed E-state index contributed by atoms with van der Waals surface area (Å²) in [6.07, 6.45) is 0.852. The van der Waals surface area contributed by atoms with Crippen molar-refractivity contribution in [3.8, 4) is 5.88 Å². The standard InChI is InChI=1S/C15H14ClN5O2/c16-12-13(20-21-6-3-7-23-15(12)21)14(22)17-8-11-18-9-4-1-2-5-10(9)19-11/h1-2,4-5H,3,6-8H2,(H,17,22)(H,18,19). The van der Waals surface area contributed by atoms with Crippen molar-refractivity contribution in [2.75, 3.05) is 6.61 Å². The van der Waals surface area contributed by atoms with E-state index in [1.807, 2.05) is 24.3 Å². The predicted molar refractivity (Wildman–Crippen MR) is 84.6 cm³/mol. The Kier molecular flexibility index (Phi) is 3.42. The first-order chi connectivity index (χ1) is 11.2. The number of benzene rings is 1. The quantitative estimate of drug-likeness (QED) is 0.770. The van der Waals surface area contributed by atoms with Gasteiger partial charge in [-0.2, -0.15) is 5.10 Å². The topological polar surface area (TPSA) is 84.8 Å². The molecule has 3 heterocycles. The average Bonchev–Trinajstić information content (AvgIpc) is 3.14. The van der Waals surface area contributed by atoms with E-state index in [0.717, 1.165) is 17.5 Å². The summed E-state index contributed by atoms with van der Waals surface area (Å²) in [6.45, 7) is 1.56. The Morgan fingerprint density at radius 2 is 2.30 bits per heavy atom. The zero-order valence-electron chi connectivity index (χ0n) is 12.2. The third kappa shape index (κ3) is 2.53. The highest BCUT2D eigenvalue weighted by Crippen LogP contribution is 2.30. The summed E-state index contributed by atoms with van der Waals surface area (Å²) in [5.41, 5.74) is 1.97. The lowest BCUT2D eigenvalue weighted by atomic mass is 10.3. The van der Waals surface area contributed by atoms with Crippen LogP contribution in [0.1, 0.15) is 22.7 Å².